The molecule has 128 valence electrons. The van der Waals surface area contributed by atoms with Crippen LogP contribution in [0.15, 0.2) is 60.9 Å². The molecule has 2 N–H and O–H groups in total. The van der Waals surface area contributed by atoms with E-state index in [0.717, 1.165) is 29.5 Å². The molecule has 0 saturated heterocycles. The van der Waals surface area contributed by atoms with Crippen molar-refractivity contribution in [1.29, 1.82) is 0 Å². The number of ether oxygens (including phenoxy) is 1. The summed E-state index contributed by atoms with van der Waals surface area (Å²) in [5, 5.41) is 6.64. The van der Waals surface area contributed by atoms with E-state index in [2.05, 4.69) is 51.8 Å². The number of hydrogen-bond donors (Lipinski definition) is 2. The second kappa shape index (κ2) is 8.15. The average molecular weight is 334 g/mol. The third-order valence-electron chi connectivity index (χ3n) is 3.89. The number of methoxy groups -OCH3 is 1. The van der Waals surface area contributed by atoms with Crippen LogP contribution in [-0.4, -0.2) is 17.1 Å². The fourth-order valence-electron chi connectivity index (χ4n) is 2.39. The van der Waals surface area contributed by atoms with Gasteiger partial charge in [0.1, 0.15) is 23.7 Å². The quantitative estimate of drug-likeness (QED) is 0.683. The Hall–Kier alpha value is -3.08. The van der Waals surface area contributed by atoms with Crippen molar-refractivity contribution in [2.45, 2.75) is 20.0 Å². The van der Waals surface area contributed by atoms with Crippen LogP contribution in [0, 0.1) is 6.92 Å². The fourth-order valence-corrected chi connectivity index (χ4v) is 2.39. The zero-order valence-electron chi connectivity index (χ0n) is 14.5. The summed E-state index contributed by atoms with van der Waals surface area (Å²) in [6, 6.07) is 18.3. The third-order valence-corrected chi connectivity index (χ3v) is 3.89. The van der Waals surface area contributed by atoms with Crippen molar-refractivity contribution < 1.29 is 4.74 Å². The minimum atomic E-state index is 0.693. The molecule has 25 heavy (non-hydrogen) atoms. The molecule has 2 aromatic carbocycles. The lowest BCUT2D eigenvalue weighted by Gasteiger charge is -2.09. The van der Waals surface area contributed by atoms with E-state index >= 15 is 0 Å². The molecule has 0 unspecified atom stereocenters. The first-order valence-electron chi connectivity index (χ1n) is 8.21. The van der Waals surface area contributed by atoms with E-state index in [-0.39, 0.29) is 0 Å². The summed E-state index contributed by atoms with van der Waals surface area (Å²) in [7, 11) is 1.67. The average Bonchev–Trinajstić information content (AvgIpc) is 2.67. The lowest BCUT2D eigenvalue weighted by atomic mass is 10.1. The lowest BCUT2D eigenvalue weighted by molar-refractivity contribution is 0.414. The largest absolute Gasteiger partial charge is 0.497 e. The Morgan fingerprint density at radius 2 is 1.32 bits per heavy atom. The number of anilines is 2. The van der Waals surface area contributed by atoms with Crippen LogP contribution in [0.4, 0.5) is 11.6 Å². The Balaban J connectivity index is 1.56. The summed E-state index contributed by atoms with van der Waals surface area (Å²) < 4.78 is 5.17. The number of nitrogens with one attached hydrogen (secondary N) is 2. The van der Waals surface area contributed by atoms with Gasteiger partial charge < -0.3 is 15.4 Å². The van der Waals surface area contributed by atoms with Gasteiger partial charge in [-0.1, -0.05) is 42.0 Å². The highest BCUT2D eigenvalue weighted by Crippen LogP contribution is 2.14. The predicted molar refractivity (Wildman–Crippen MR) is 101 cm³/mol. The number of aryl methyl sites for hydroxylation is 1. The number of rotatable bonds is 7. The molecule has 0 amide bonds. The van der Waals surface area contributed by atoms with Crippen molar-refractivity contribution in [3.05, 3.63) is 77.6 Å². The molecule has 1 aromatic heterocycles. The first-order valence-corrected chi connectivity index (χ1v) is 8.21. The first-order chi connectivity index (χ1) is 12.2. The fraction of sp³-hybridized carbons (Fsp3) is 0.200. The van der Waals surface area contributed by atoms with Crippen molar-refractivity contribution in [2.75, 3.05) is 17.7 Å². The van der Waals surface area contributed by atoms with Gasteiger partial charge in [-0.25, -0.2) is 9.97 Å². The van der Waals surface area contributed by atoms with Gasteiger partial charge in [-0.15, -0.1) is 0 Å². The van der Waals surface area contributed by atoms with Gasteiger partial charge in [-0.05, 0) is 30.2 Å². The van der Waals surface area contributed by atoms with Crippen LogP contribution in [0.1, 0.15) is 16.7 Å². The highest BCUT2D eigenvalue weighted by atomic mass is 16.5. The maximum Gasteiger partial charge on any atom is 0.131 e. The summed E-state index contributed by atoms with van der Waals surface area (Å²) in [5.74, 6) is 2.44. The van der Waals surface area contributed by atoms with Crippen LogP contribution in [0.3, 0.4) is 0 Å². The molecule has 0 spiro atoms. The van der Waals surface area contributed by atoms with Gasteiger partial charge in [-0.2, -0.15) is 0 Å². The molecule has 0 bridgehead atoms. The van der Waals surface area contributed by atoms with Gasteiger partial charge in [0.25, 0.3) is 0 Å². The van der Waals surface area contributed by atoms with Gasteiger partial charge in [0, 0.05) is 19.2 Å². The molecule has 5 heteroatoms. The zero-order chi connectivity index (χ0) is 17.5. The van der Waals surface area contributed by atoms with Gasteiger partial charge in [0.05, 0.1) is 7.11 Å². The number of aromatic nitrogens is 2. The van der Waals surface area contributed by atoms with Crippen LogP contribution in [0.5, 0.6) is 5.75 Å². The number of nitrogens with zero attached hydrogens (tertiary/aromatic N) is 2. The molecular formula is C20H22N4O. The minimum Gasteiger partial charge on any atom is -0.497 e. The molecule has 0 aliphatic rings. The Kier molecular flexibility index (Phi) is 5.46. The maximum atomic E-state index is 5.17. The van der Waals surface area contributed by atoms with Gasteiger partial charge in [-0.3, -0.25) is 0 Å². The normalized spacial score (nSPS) is 10.3. The Labute approximate surface area is 148 Å². The SMILES string of the molecule is COc1ccc(CNc2cc(NCc3ccc(C)cc3)ncn2)cc1. The topological polar surface area (TPSA) is 59.1 Å². The summed E-state index contributed by atoms with van der Waals surface area (Å²) in [6.07, 6.45) is 1.56. The van der Waals surface area contributed by atoms with Gasteiger partial charge >= 0.3 is 0 Å². The highest BCUT2D eigenvalue weighted by molar-refractivity contribution is 5.47. The van der Waals surface area contributed by atoms with Crippen molar-refractivity contribution >= 4 is 11.6 Å². The van der Waals surface area contributed by atoms with Crippen LogP contribution < -0.4 is 15.4 Å². The molecule has 0 aliphatic carbocycles. The van der Waals surface area contributed by atoms with E-state index in [1.807, 2.05) is 30.3 Å². The summed E-state index contributed by atoms with van der Waals surface area (Å²) in [4.78, 5) is 8.54. The lowest BCUT2D eigenvalue weighted by Crippen LogP contribution is -2.05. The van der Waals surface area contributed by atoms with Crippen molar-refractivity contribution in [1.82, 2.24) is 9.97 Å². The molecule has 0 radical (unpaired) electrons. The Morgan fingerprint density at radius 3 is 1.84 bits per heavy atom. The van der Waals surface area contributed by atoms with Crippen LogP contribution in [0.2, 0.25) is 0 Å². The summed E-state index contributed by atoms with van der Waals surface area (Å²) >= 11 is 0. The van der Waals surface area contributed by atoms with E-state index < -0.39 is 0 Å². The van der Waals surface area contributed by atoms with Crippen LogP contribution in [0.25, 0.3) is 0 Å². The number of benzene rings is 2. The second-order valence-electron chi connectivity index (χ2n) is 5.83. The van der Waals surface area contributed by atoms with E-state index in [1.165, 1.54) is 11.1 Å². The summed E-state index contributed by atoms with van der Waals surface area (Å²) in [5.41, 5.74) is 3.64. The molecule has 3 aromatic rings. The molecular weight excluding hydrogens is 312 g/mol. The smallest absolute Gasteiger partial charge is 0.131 e. The first kappa shape index (κ1) is 16.8. The van der Waals surface area contributed by atoms with Crippen LogP contribution in [-0.2, 0) is 13.1 Å². The molecule has 0 fully saturated rings. The maximum absolute atomic E-state index is 5.17. The predicted octanol–water partition coefficient (Wildman–Crippen LogP) is 4.02. The van der Waals surface area contributed by atoms with Crippen LogP contribution >= 0.6 is 0 Å². The van der Waals surface area contributed by atoms with Crippen molar-refractivity contribution in [3.8, 4) is 5.75 Å². The third kappa shape index (κ3) is 4.94. The van der Waals surface area contributed by atoms with E-state index in [4.69, 9.17) is 4.74 Å². The molecule has 1 heterocycles. The highest BCUT2D eigenvalue weighted by Gasteiger charge is 2.00. The second-order valence-corrected chi connectivity index (χ2v) is 5.83. The Bertz CT molecular complexity index is 801. The van der Waals surface area contributed by atoms with Gasteiger partial charge in [0.15, 0.2) is 0 Å². The molecule has 0 aliphatic heterocycles. The molecule has 3 rings (SSSR count). The minimum absolute atomic E-state index is 0.693. The monoisotopic (exact) mass is 334 g/mol. The molecule has 5 nitrogen and oxygen atoms in total. The van der Waals surface area contributed by atoms with Crippen molar-refractivity contribution in [3.63, 3.8) is 0 Å². The number of hydrogen-bond acceptors (Lipinski definition) is 5. The van der Waals surface area contributed by atoms with E-state index in [0.29, 0.717) is 6.54 Å². The zero-order valence-corrected chi connectivity index (χ0v) is 14.5. The van der Waals surface area contributed by atoms with Crippen molar-refractivity contribution in [2.24, 2.45) is 0 Å². The molecule has 0 saturated carbocycles. The standard InChI is InChI=1S/C20H22N4O/c1-15-3-5-16(6-4-15)12-21-19-11-20(24-14-23-19)22-13-17-7-9-18(25-2)10-8-17/h3-11,14H,12-13H2,1-2H3,(H2,21,22,23,24). The summed E-state index contributed by atoms with van der Waals surface area (Å²) in [6.45, 7) is 3.51. The Morgan fingerprint density at radius 1 is 0.800 bits per heavy atom. The molecule has 0 atom stereocenters. The van der Waals surface area contributed by atoms with E-state index in [1.54, 1.807) is 13.4 Å². The van der Waals surface area contributed by atoms with Gasteiger partial charge in [0.2, 0.25) is 0 Å². The van der Waals surface area contributed by atoms with E-state index in [9.17, 15) is 0 Å².